The zero-order chi connectivity index (χ0) is 13.0. The van der Waals surface area contributed by atoms with Gasteiger partial charge in [0.15, 0.2) is 0 Å². The van der Waals surface area contributed by atoms with Crippen LogP contribution in [0.2, 0.25) is 0 Å². The molecule has 16 heavy (non-hydrogen) atoms. The fourth-order valence-electron chi connectivity index (χ4n) is 0.663. The van der Waals surface area contributed by atoms with Crippen LogP contribution in [0.15, 0.2) is 24.3 Å². The second-order valence-corrected chi connectivity index (χ2v) is 7.64. The Kier molecular flexibility index (Phi) is 7.18. The maximum atomic E-state index is 5.14. The highest BCUT2D eigenvalue weighted by Crippen LogP contribution is 2.48. The average molecular weight is 343 g/mol. The molecule has 0 bridgehead atoms. The zero-order valence-corrected chi connectivity index (χ0v) is 13.1. The van der Waals surface area contributed by atoms with Gasteiger partial charge in [-0.1, -0.05) is 93.9 Å². The number of benzene rings is 1. The molecule has 0 radical (unpaired) electrons. The molecule has 0 aromatic heterocycles. The molecular weight excluding hydrogens is 333 g/mol. The highest BCUT2D eigenvalue weighted by molar-refractivity contribution is 6.83. The van der Waals surface area contributed by atoms with Gasteiger partial charge in [0.2, 0.25) is 7.59 Å². The van der Waals surface area contributed by atoms with E-state index < -0.39 is 7.59 Å². The Balaban J connectivity index is 0.000000281. The van der Waals surface area contributed by atoms with Gasteiger partial charge in [0.25, 0.3) is 0 Å². The van der Waals surface area contributed by atoms with E-state index in [4.69, 9.17) is 69.6 Å². The summed E-state index contributed by atoms with van der Waals surface area (Å²) in [6.45, 7) is 4.24. The highest BCUT2D eigenvalue weighted by atomic mass is 35.6. The second kappa shape index (κ2) is 6.78. The third kappa shape index (κ3) is 6.64. The Bertz CT molecular complexity index is 290. The van der Waals surface area contributed by atoms with Crippen LogP contribution in [0, 0.1) is 13.8 Å². The van der Waals surface area contributed by atoms with Gasteiger partial charge in [0.05, 0.1) is 0 Å². The van der Waals surface area contributed by atoms with Crippen molar-refractivity contribution < 1.29 is 0 Å². The van der Waals surface area contributed by atoms with E-state index in [0.717, 1.165) is 0 Å². The van der Waals surface area contributed by atoms with E-state index in [2.05, 4.69) is 38.1 Å². The van der Waals surface area contributed by atoms with Crippen LogP contribution in [0.1, 0.15) is 11.1 Å². The molecule has 0 heterocycles. The second-order valence-electron chi connectivity index (χ2n) is 3.08. The highest BCUT2D eigenvalue weighted by Gasteiger charge is 2.43. The van der Waals surface area contributed by atoms with E-state index in [1.807, 2.05) is 0 Å². The van der Waals surface area contributed by atoms with Crippen molar-refractivity contribution in [3.8, 4) is 0 Å². The van der Waals surface area contributed by atoms with Gasteiger partial charge in [-0.15, -0.1) is 0 Å². The maximum absolute atomic E-state index is 5.14. The first-order valence-electron chi connectivity index (χ1n) is 4.21. The van der Waals surface area contributed by atoms with E-state index >= 15 is 0 Å². The zero-order valence-electron chi connectivity index (χ0n) is 8.58. The minimum Gasteiger partial charge on any atom is -0.0788 e. The van der Waals surface area contributed by atoms with Gasteiger partial charge < -0.3 is 0 Å². The molecule has 0 aliphatic rings. The number of hydrogen-bond acceptors (Lipinski definition) is 0. The molecule has 0 saturated heterocycles. The predicted octanol–water partition coefficient (Wildman–Crippen LogP) is 6.03. The third-order valence-electron chi connectivity index (χ3n) is 1.75. The summed E-state index contributed by atoms with van der Waals surface area (Å²) >= 11 is 30.9. The van der Waals surface area contributed by atoms with Crippen molar-refractivity contribution >= 4 is 69.6 Å². The number of aryl methyl sites for hydroxylation is 2. The molecule has 6 heteroatoms. The lowest BCUT2D eigenvalue weighted by molar-refractivity contribution is 1.10. The van der Waals surface area contributed by atoms with Crippen LogP contribution in [0.4, 0.5) is 0 Å². The first kappa shape index (κ1) is 17.0. The van der Waals surface area contributed by atoms with E-state index in [1.54, 1.807) is 0 Å². The fraction of sp³-hybridized carbons (Fsp3) is 0.400. The van der Waals surface area contributed by atoms with Gasteiger partial charge in [0, 0.05) is 0 Å². The number of hydrogen-bond donors (Lipinski definition) is 0. The van der Waals surface area contributed by atoms with Crippen molar-refractivity contribution in [1.29, 1.82) is 0 Å². The van der Waals surface area contributed by atoms with Crippen LogP contribution in [0.25, 0.3) is 0 Å². The lowest BCUT2D eigenvalue weighted by Gasteiger charge is -2.19. The molecule has 1 aromatic rings. The van der Waals surface area contributed by atoms with Gasteiger partial charge >= 0.3 is 0 Å². The van der Waals surface area contributed by atoms with Crippen molar-refractivity contribution in [3.05, 3.63) is 35.4 Å². The summed E-state index contributed by atoms with van der Waals surface area (Å²) in [7, 11) is 0. The van der Waals surface area contributed by atoms with Crippen LogP contribution in [-0.4, -0.2) is 7.59 Å². The first-order chi connectivity index (χ1) is 7.05. The standard InChI is InChI=1S/C8H10.C2Cl6/c1-7-5-3-4-6-8(7)2;3-1(4,5)2(6,7)8/h3-6H,1-2H3;. The first-order valence-corrected chi connectivity index (χ1v) is 6.48. The van der Waals surface area contributed by atoms with Crippen molar-refractivity contribution in [2.24, 2.45) is 0 Å². The molecule has 0 N–H and O–H groups in total. The van der Waals surface area contributed by atoms with Gasteiger partial charge in [-0.2, -0.15) is 0 Å². The summed E-state index contributed by atoms with van der Waals surface area (Å²) in [6.07, 6.45) is 0. The quantitative estimate of drug-likeness (QED) is 0.505. The summed E-state index contributed by atoms with van der Waals surface area (Å²) in [4.78, 5) is 0. The van der Waals surface area contributed by atoms with Crippen LogP contribution < -0.4 is 0 Å². The van der Waals surface area contributed by atoms with Crippen molar-refractivity contribution in [3.63, 3.8) is 0 Å². The summed E-state index contributed by atoms with van der Waals surface area (Å²) in [6, 6.07) is 8.36. The smallest absolute Gasteiger partial charge is 0.0788 e. The van der Waals surface area contributed by atoms with Crippen LogP contribution in [0.3, 0.4) is 0 Å². The number of halogens is 6. The SMILES string of the molecule is Cc1ccccc1C.ClC(Cl)(Cl)C(Cl)(Cl)Cl. The largest absolute Gasteiger partial charge is 0.236 e. The maximum Gasteiger partial charge on any atom is 0.236 e. The third-order valence-corrected chi connectivity index (χ3v) is 4.32. The van der Waals surface area contributed by atoms with Crippen molar-refractivity contribution in [2.45, 2.75) is 21.4 Å². The number of alkyl halides is 6. The monoisotopic (exact) mass is 340 g/mol. The molecule has 0 saturated carbocycles. The Morgan fingerprint density at radius 2 is 0.938 bits per heavy atom. The summed E-state index contributed by atoms with van der Waals surface area (Å²) in [5, 5.41) is 0. The Labute approximate surface area is 126 Å². The van der Waals surface area contributed by atoms with Crippen molar-refractivity contribution in [2.75, 3.05) is 0 Å². The normalized spacial score (nSPS) is 11.8. The Morgan fingerprint density at radius 3 is 1.06 bits per heavy atom. The summed E-state index contributed by atoms with van der Waals surface area (Å²) in [5.74, 6) is 0. The molecule has 0 aliphatic heterocycles. The van der Waals surface area contributed by atoms with Crippen LogP contribution in [0.5, 0.6) is 0 Å². The number of rotatable bonds is 0. The lowest BCUT2D eigenvalue weighted by atomic mass is 10.1. The lowest BCUT2D eigenvalue weighted by Crippen LogP contribution is -2.23. The minimum atomic E-state index is -1.85. The molecule has 0 unspecified atom stereocenters. The van der Waals surface area contributed by atoms with Gasteiger partial charge in [0.1, 0.15) is 0 Å². The summed E-state index contributed by atoms with van der Waals surface area (Å²) < 4.78 is -3.70. The molecular formula is C10H10Cl6. The average Bonchev–Trinajstić information content (AvgIpc) is 2.08. The molecule has 1 rings (SSSR count). The van der Waals surface area contributed by atoms with Crippen LogP contribution >= 0.6 is 69.6 Å². The molecule has 0 amide bonds. The fourth-order valence-corrected chi connectivity index (χ4v) is 0.663. The van der Waals surface area contributed by atoms with E-state index in [9.17, 15) is 0 Å². The molecule has 0 atom stereocenters. The summed E-state index contributed by atoms with van der Waals surface area (Å²) in [5.41, 5.74) is 2.74. The van der Waals surface area contributed by atoms with Gasteiger partial charge in [-0.3, -0.25) is 0 Å². The molecule has 1 aromatic carbocycles. The topological polar surface area (TPSA) is 0 Å². The predicted molar refractivity (Wildman–Crippen MR) is 76.5 cm³/mol. The Hall–Kier alpha value is 0.960. The molecule has 0 fully saturated rings. The van der Waals surface area contributed by atoms with Gasteiger partial charge in [-0.25, -0.2) is 0 Å². The molecule has 0 nitrogen and oxygen atoms in total. The Morgan fingerprint density at radius 1 is 0.688 bits per heavy atom. The van der Waals surface area contributed by atoms with E-state index in [1.165, 1.54) is 11.1 Å². The van der Waals surface area contributed by atoms with Crippen molar-refractivity contribution in [1.82, 2.24) is 0 Å². The van der Waals surface area contributed by atoms with E-state index in [0.29, 0.717) is 0 Å². The molecule has 0 aliphatic carbocycles. The van der Waals surface area contributed by atoms with Gasteiger partial charge in [-0.05, 0) is 25.0 Å². The van der Waals surface area contributed by atoms with Crippen LogP contribution in [-0.2, 0) is 0 Å². The van der Waals surface area contributed by atoms with E-state index in [-0.39, 0.29) is 0 Å². The minimum absolute atomic E-state index is 1.37. The molecule has 92 valence electrons. The molecule has 0 spiro atoms.